The third-order valence-electron chi connectivity index (χ3n) is 4.73. The number of β-amino-alcohol motifs (C(OH)–C–C–N with tert-alkyl or cyclic N) is 1. The van der Waals surface area contributed by atoms with Crippen molar-refractivity contribution in [3.05, 3.63) is 53.1 Å². The molecule has 0 radical (unpaired) electrons. The van der Waals surface area contributed by atoms with E-state index in [0.717, 1.165) is 35.6 Å². The van der Waals surface area contributed by atoms with Crippen molar-refractivity contribution in [1.29, 1.82) is 5.26 Å². The molecule has 0 unspecified atom stereocenters. The predicted molar refractivity (Wildman–Crippen MR) is 101 cm³/mol. The van der Waals surface area contributed by atoms with Crippen LogP contribution in [0.15, 0.2) is 36.4 Å². The maximum absolute atomic E-state index is 10.6. The summed E-state index contributed by atoms with van der Waals surface area (Å²) in [7, 11) is 3.25. The summed E-state index contributed by atoms with van der Waals surface area (Å²) in [6.07, 6.45) is 0.215. The molecule has 2 aromatic rings. The monoisotopic (exact) mass is 368 g/mol. The number of methoxy groups -OCH3 is 2. The molecule has 0 spiro atoms. The summed E-state index contributed by atoms with van der Waals surface area (Å²) in [4.78, 5) is 2.19. The highest BCUT2D eigenvalue weighted by Crippen LogP contribution is 2.39. The molecule has 1 heterocycles. The third-order valence-corrected chi connectivity index (χ3v) is 4.73. The van der Waals surface area contributed by atoms with Crippen molar-refractivity contribution in [2.45, 2.75) is 19.1 Å². The first-order valence-corrected chi connectivity index (χ1v) is 8.93. The van der Waals surface area contributed by atoms with Crippen LogP contribution < -0.4 is 14.2 Å². The number of nitrogens with zero attached hydrogens (tertiary/aromatic N) is 2. The Morgan fingerprint density at radius 1 is 1.11 bits per heavy atom. The van der Waals surface area contributed by atoms with Crippen LogP contribution in [0.2, 0.25) is 0 Å². The van der Waals surface area contributed by atoms with Gasteiger partial charge >= 0.3 is 0 Å². The molecule has 0 saturated heterocycles. The van der Waals surface area contributed by atoms with E-state index in [1.165, 1.54) is 0 Å². The molecule has 0 fully saturated rings. The van der Waals surface area contributed by atoms with E-state index in [-0.39, 0.29) is 0 Å². The van der Waals surface area contributed by atoms with Crippen LogP contribution in [0, 0.1) is 11.3 Å². The van der Waals surface area contributed by atoms with Gasteiger partial charge in [0.2, 0.25) is 0 Å². The summed E-state index contributed by atoms with van der Waals surface area (Å²) in [5.74, 6) is 2.22. The van der Waals surface area contributed by atoms with Crippen molar-refractivity contribution in [2.24, 2.45) is 0 Å². The predicted octanol–water partition coefficient (Wildman–Crippen LogP) is 2.89. The standard InChI is InChI=1S/C21H24N2O4/c1-25-19-8-9-20(26-2)21-17(19)13-23(14-18(21)24)10-3-11-27-16-6-4-15(12-22)5-7-16/h4-9,18,24H,3,10-11,13-14H2,1-2H3/t18-/m0/s1. The number of rotatable bonds is 7. The summed E-state index contributed by atoms with van der Waals surface area (Å²) in [5, 5.41) is 19.4. The van der Waals surface area contributed by atoms with Crippen molar-refractivity contribution >= 4 is 0 Å². The average Bonchev–Trinajstić information content (AvgIpc) is 2.70. The van der Waals surface area contributed by atoms with E-state index >= 15 is 0 Å². The van der Waals surface area contributed by atoms with Crippen LogP contribution in [0.5, 0.6) is 17.2 Å². The van der Waals surface area contributed by atoms with Crippen LogP contribution in [0.1, 0.15) is 29.2 Å². The van der Waals surface area contributed by atoms with Gasteiger partial charge in [0.25, 0.3) is 0 Å². The molecular formula is C21H24N2O4. The maximum Gasteiger partial charge on any atom is 0.125 e. The Bertz CT molecular complexity index is 814. The van der Waals surface area contributed by atoms with Gasteiger partial charge in [-0.3, -0.25) is 4.90 Å². The smallest absolute Gasteiger partial charge is 0.125 e. The minimum Gasteiger partial charge on any atom is -0.496 e. The number of ether oxygens (including phenoxy) is 3. The minimum atomic E-state index is -0.613. The largest absolute Gasteiger partial charge is 0.496 e. The van der Waals surface area contributed by atoms with Crippen LogP contribution >= 0.6 is 0 Å². The lowest BCUT2D eigenvalue weighted by Crippen LogP contribution is -2.35. The number of hydrogen-bond acceptors (Lipinski definition) is 6. The average molecular weight is 368 g/mol. The van der Waals surface area contributed by atoms with E-state index in [9.17, 15) is 5.11 Å². The van der Waals surface area contributed by atoms with Gasteiger partial charge in [-0.1, -0.05) is 0 Å². The second-order valence-corrected chi connectivity index (χ2v) is 6.45. The van der Waals surface area contributed by atoms with Gasteiger partial charge in [-0.05, 0) is 42.8 Å². The second kappa shape index (κ2) is 8.76. The topological polar surface area (TPSA) is 75.0 Å². The summed E-state index contributed by atoms with van der Waals surface area (Å²) in [5.41, 5.74) is 2.42. The molecule has 6 nitrogen and oxygen atoms in total. The van der Waals surface area contributed by atoms with Gasteiger partial charge in [0.1, 0.15) is 17.2 Å². The second-order valence-electron chi connectivity index (χ2n) is 6.45. The van der Waals surface area contributed by atoms with Crippen LogP contribution in [0.25, 0.3) is 0 Å². The Labute approximate surface area is 159 Å². The Balaban J connectivity index is 1.57. The molecule has 0 amide bonds. The zero-order valence-corrected chi connectivity index (χ0v) is 15.6. The van der Waals surface area contributed by atoms with Crippen LogP contribution in [0.4, 0.5) is 0 Å². The molecule has 27 heavy (non-hydrogen) atoms. The molecule has 2 aromatic carbocycles. The van der Waals surface area contributed by atoms with Crippen molar-refractivity contribution in [3.8, 4) is 23.3 Å². The van der Waals surface area contributed by atoms with Gasteiger partial charge in [0, 0.05) is 30.8 Å². The zero-order chi connectivity index (χ0) is 19.2. The summed E-state index contributed by atoms with van der Waals surface area (Å²) >= 11 is 0. The highest BCUT2D eigenvalue weighted by molar-refractivity contribution is 5.51. The molecule has 6 heteroatoms. The first-order chi connectivity index (χ1) is 13.2. The van der Waals surface area contributed by atoms with E-state index in [4.69, 9.17) is 19.5 Å². The maximum atomic E-state index is 10.6. The first kappa shape index (κ1) is 19.0. The molecule has 1 N–H and O–H groups in total. The van der Waals surface area contributed by atoms with Gasteiger partial charge in [0.15, 0.2) is 0 Å². The van der Waals surface area contributed by atoms with Crippen molar-refractivity contribution < 1.29 is 19.3 Å². The number of fused-ring (bicyclic) bond motifs is 1. The number of aliphatic hydroxyl groups is 1. The number of benzene rings is 2. The molecular weight excluding hydrogens is 344 g/mol. The van der Waals surface area contributed by atoms with E-state index < -0.39 is 6.10 Å². The Kier molecular flexibility index (Phi) is 6.17. The molecule has 1 aliphatic rings. The molecule has 1 atom stereocenters. The van der Waals surface area contributed by atoms with Crippen molar-refractivity contribution in [2.75, 3.05) is 33.9 Å². The molecule has 0 bridgehead atoms. The number of nitriles is 1. The van der Waals surface area contributed by atoms with Gasteiger partial charge < -0.3 is 19.3 Å². The molecule has 0 saturated carbocycles. The van der Waals surface area contributed by atoms with E-state index in [0.29, 0.717) is 31.0 Å². The van der Waals surface area contributed by atoms with Crippen molar-refractivity contribution in [3.63, 3.8) is 0 Å². The van der Waals surface area contributed by atoms with Crippen molar-refractivity contribution in [1.82, 2.24) is 4.90 Å². The Morgan fingerprint density at radius 3 is 2.48 bits per heavy atom. The van der Waals surface area contributed by atoms with Crippen LogP contribution in [0.3, 0.4) is 0 Å². The number of hydrogen-bond donors (Lipinski definition) is 1. The molecule has 1 aliphatic heterocycles. The minimum absolute atomic E-state index is 0.549. The fourth-order valence-electron chi connectivity index (χ4n) is 3.42. The highest BCUT2D eigenvalue weighted by Gasteiger charge is 2.29. The normalized spacial score (nSPS) is 16.3. The van der Waals surface area contributed by atoms with E-state index in [2.05, 4.69) is 11.0 Å². The summed E-state index contributed by atoms with van der Waals surface area (Å²) < 4.78 is 16.6. The lowest BCUT2D eigenvalue weighted by Gasteiger charge is -2.33. The van der Waals surface area contributed by atoms with Gasteiger partial charge in [0.05, 0.1) is 38.6 Å². The lowest BCUT2D eigenvalue weighted by molar-refractivity contribution is 0.0850. The summed E-state index contributed by atoms with van der Waals surface area (Å²) in [6, 6.07) is 12.9. The van der Waals surface area contributed by atoms with Crippen LogP contribution in [-0.2, 0) is 6.54 Å². The van der Waals surface area contributed by atoms with Gasteiger partial charge in [-0.15, -0.1) is 0 Å². The Morgan fingerprint density at radius 2 is 1.81 bits per heavy atom. The van der Waals surface area contributed by atoms with Gasteiger partial charge in [-0.2, -0.15) is 5.26 Å². The van der Waals surface area contributed by atoms with E-state index in [1.807, 2.05) is 12.1 Å². The number of aliphatic hydroxyl groups excluding tert-OH is 1. The molecule has 3 rings (SSSR count). The molecule has 0 aliphatic carbocycles. The SMILES string of the molecule is COc1ccc(OC)c2c1CN(CCCOc1ccc(C#N)cc1)C[C@@H]2O. The lowest BCUT2D eigenvalue weighted by atomic mass is 9.95. The van der Waals surface area contributed by atoms with Crippen LogP contribution in [-0.4, -0.2) is 43.9 Å². The fourth-order valence-corrected chi connectivity index (χ4v) is 3.42. The quantitative estimate of drug-likeness (QED) is 0.758. The molecule has 0 aromatic heterocycles. The molecule has 142 valence electrons. The fraction of sp³-hybridized carbons (Fsp3) is 0.381. The third kappa shape index (κ3) is 4.33. The highest BCUT2D eigenvalue weighted by atomic mass is 16.5. The Hall–Kier alpha value is -2.75. The zero-order valence-electron chi connectivity index (χ0n) is 15.6. The van der Waals surface area contributed by atoms with E-state index in [1.54, 1.807) is 38.5 Å². The van der Waals surface area contributed by atoms with Gasteiger partial charge in [-0.25, -0.2) is 0 Å². The first-order valence-electron chi connectivity index (χ1n) is 8.93. The summed E-state index contributed by atoms with van der Waals surface area (Å²) in [6.45, 7) is 2.62.